The number of rotatable bonds is 3. The van der Waals surface area contributed by atoms with Gasteiger partial charge in [0.15, 0.2) is 0 Å². The molecule has 0 aliphatic carbocycles. The third-order valence-electron chi connectivity index (χ3n) is 2.20. The maximum Gasteiger partial charge on any atom is 0.414 e. The van der Waals surface area contributed by atoms with Crippen LogP contribution >= 0.6 is 39.1 Å². The Balaban J connectivity index is 1.95. The summed E-state index contributed by atoms with van der Waals surface area (Å²) in [6.07, 6.45) is -0.691. The van der Waals surface area contributed by atoms with E-state index in [-0.39, 0.29) is 22.9 Å². The number of ether oxygens (including phenoxy) is 1. The third-order valence-corrected chi connectivity index (χ3v) is 3.95. The van der Waals surface area contributed by atoms with Crippen molar-refractivity contribution in [2.24, 2.45) is 0 Å². The monoisotopic (exact) mass is 375 g/mol. The fraction of sp³-hybridized carbons (Fsp3) is 0.0833. The summed E-state index contributed by atoms with van der Waals surface area (Å²) in [6.45, 7) is 0.144. The molecule has 0 spiro atoms. The lowest BCUT2D eigenvalue weighted by atomic mass is 10.2. The first-order valence-corrected chi connectivity index (χ1v) is 6.97. The molecule has 0 saturated heterocycles. The summed E-state index contributed by atoms with van der Waals surface area (Å²) in [5.41, 5.74) is 0.871. The van der Waals surface area contributed by atoms with Crippen molar-refractivity contribution in [2.45, 2.75) is 6.61 Å². The van der Waals surface area contributed by atoms with Crippen molar-refractivity contribution in [1.82, 2.24) is 9.97 Å². The summed E-state index contributed by atoms with van der Waals surface area (Å²) in [4.78, 5) is 19.3. The molecule has 2 rings (SSSR count). The van der Waals surface area contributed by atoms with E-state index >= 15 is 0 Å². The second-order valence-corrected chi connectivity index (χ2v) is 5.14. The van der Waals surface area contributed by atoms with Crippen LogP contribution in [0.5, 0.6) is 0 Å². The van der Waals surface area contributed by atoms with Gasteiger partial charge in [-0.15, -0.1) is 0 Å². The largest absolute Gasteiger partial charge is 0.444 e. The van der Waals surface area contributed by atoms with E-state index < -0.39 is 6.09 Å². The van der Waals surface area contributed by atoms with Crippen LogP contribution in [0, 0.1) is 0 Å². The van der Waals surface area contributed by atoms with Crippen molar-refractivity contribution in [3.63, 3.8) is 0 Å². The molecule has 104 valence electrons. The highest BCUT2D eigenvalue weighted by molar-refractivity contribution is 9.10. The summed E-state index contributed by atoms with van der Waals surface area (Å²) < 4.78 is 5.38. The van der Waals surface area contributed by atoms with Gasteiger partial charge in [-0.2, -0.15) is 9.97 Å². The van der Waals surface area contributed by atoms with Crippen molar-refractivity contribution in [3.05, 3.63) is 50.7 Å². The van der Waals surface area contributed by atoms with E-state index in [1.807, 2.05) is 30.3 Å². The molecular weight excluding hydrogens is 369 g/mol. The molecule has 0 aliphatic rings. The smallest absolute Gasteiger partial charge is 0.414 e. The molecule has 1 heterocycles. The maximum absolute atomic E-state index is 11.6. The lowest BCUT2D eigenvalue weighted by Gasteiger charge is -2.07. The fourth-order valence-corrected chi connectivity index (χ4v) is 1.87. The average Bonchev–Trinajstić information content (AvgIpc) is 2.43. The van der Waals surface area contributed by atoms with Gasteiger partial charge >= 0.3 is 6.09 Å². The van der Waals surface area contributed by atoms with E-state index in [0.29, 0.717) is 4.47 Å². The number of nitrogens with one attached hydrogen (secondary N) is 1. The van der Waals surface area contributed by atoms with Crippen molar-refractivity contribution in [1.29, 1.82) is 0 Å². The fourth-order valence-electron chi connectivity index (χ4n) is 1.30. The number of amides is 1. The van der Waals surface area contributed by atoms with Gasteiger partial charge in [-0.1, -0.05) is 53.5 Å². The molecule has 20 heavy (non-hydrogen) atoms. The molecule has 0 radical (unpaired) electrons. The summed E-state index contributed by atoms with van der Waals surface area (Å²) in [7, 11) is 0. The van der Waals surface area contributed by atoms with E-state index in [0.717, 1.165) is 5.56 Å². The number of carbonyl (C=O) groups excluding carboxylic acids is 1. The zero-order chi connectivity index (χ0) is 14.5. The molecule has 0 bridgehead atoms. The zero-order valence-corrected chi connectivity index (χ0v) is 13.0. The van der Waals surface area contributed by atoms with E-state index in [2.05, 4.69) is 31.2 Å². The Morgan fingerprint density at radius 2 is 1.80 bits per heavy atom. The molecule has 2 aromatic rings. The van der Waals surface area contributed by atoms with Crippen LogP contribution in [0.1, 0.15) is 5.56 Å². The molecule has 5 nitrogen and oxygen atoms in total. The highest BCUT2D eigenvalue weighted by Gasteiger charge is 2.12. The predicted molar refractivity (Wildman–Crippen MR) is 80.0 cm³/mol. The summed E-state index contributed by atoms with van der Waals surface area (Å²) in [5.74, 6) is -0.0266. The van der Waals surface area contributed by atoms with Gasteiger partial charge in [0.25, 0.3) is 0 Å². The second-order valence-electron chi connectivity index (χ2n) is 3.63. The topological polar surface area (TPSA) is 64.1 Å². The van der Waals surface area contributed by atoms with Gasteiger partial charge in [0.1, 0.15) is 16.9 Å². The van der Waals surface area contributed by atoms with Crippen LogP contribution in [-0.2, 0) is 11.3 Å². The van der Waals surface area contributed by atoms with Crippen LogP contribution in [0.25, 0.3) is 0 Å². The van der Waals surface area contributed by atoms with E-state index in [1.54, 1.807) is 0 Å². The van der Waals surface area contributed by atoms with Crippen LogP contribution in [0.4, 0.5) is 10.7 Å². The second kappa shape index (κ2) is 6.88. The average molecular weight is 377 g/mol. The molecule has 0 atom stereocenters. The Kier molecular flexibility index (Phi) is 5.17. The summed E-state index contributed by atoms with van der Waals surface area (Å²) >= 11 is 14.7. The standard InChI is InChI=1S/C12H8BrCl2N3O2/c13-8-9(14)16-11(17-10(8)15)18-12(19)20-6-7-4-2-1-3-5-7/h1-5H,6H2,(H,16,17,18,19). The molecule has 1 N–H and O–H groups in total. The Bertz CT molecular complexity index is 602. The molecule has 0 aliphatic heterocycles. The summed E-state index contributed by atoms with van der Waals surface area (Å²) in [5, 5.41) is 2.55. The highest BCUT2D eigenvalue weighted by atomic mass is 79.9. The highest BCUT2D eigenvalue weighted by Crippen LogP contribution is 2.28. The number of halogens is 3. The quantitative estimate of drug-likeness (QED) is 0.811. The van der Waals surface area contributed by atoms with Crippen LogP contribution in [-0.4, -0.2) is 16.1 Å². The first kappa shape index (κ1) is 15.0. The molecule has 0 saturated carbocycles. The summed E-state index contributed by atoms with van der Waals surface area (Å²) in [6, 6.07) is 9.28. The number of aromatic nitrogens is 2. The van der Waals surface area contributed by atoms with Crippen LogP contribution < -0.4 is 5.32 Å². The Labute approximate surface area is 133 Å². The van der Waals surface area contributed by atoms with Crippen LogP contribution in [0.15, 0.2) is 34.8 Å². The normalized spacial score (nSPS) is 10.2. The molecule has 0 unspecified atom stereocenters. The van der Waals surface area contributed by atoms with Crippen molar-refractivity contribution in [2.75, 3.05) is 5.32 Å². The minimum atomic E-state index is -0.691. The van der Waals surface area contributed by atoms with Gasteiger partial charge in [-0.3, -0.25) is 5.32 Å². The third kappa shape index (κ3) is 4.06. The van der Waals surface area contributed by atoms with Crippen LogP contribution in [0.3, 0.4) is 0 Å². The zero-order valence-electron chi connectivity index (χ0n) is 9.94. The Morgan fingerprint density at radius 1 is 1.20 bits per heavy atom. The van der Waals surface area contributed by atoms with Crippen LogP contribution in [0.2, 0.25) is 10.3 Å². The number of benzene rings is 1. The lowest BCUT2D eigenvalue weighted by Crippen LogP contribution is -2.15. The van der Waals surface area contributed by atoms with E-state index in [4.69, 9.17) is 27.9 Å². The number of anilines is 1. The maximum atomic E-state index is 11.6. The van der Waals surface area contributed by atoms with E-state index in [1.165, 1.54) is 0 Å². The Morgan fingerprint density at radius 3 is 2.40 bits per heavy atom. The number of carbonyl (C=O) groups is 1. The lowest BCUT2D eigenvalue weighted by molar-refractivity contribution is 0.155. The number of hydrogen-bond acceptors (Lipinski definition) is 4. The molecule has 1 aromatic heterocycles. The molecule has 0 fully saturated rings. The molecule has 8 heteroatoms. The van der Waals surface area contributed by atoms with Crippen molar-refractivity contribution in [3.8, 4) is 0 Å². The van der Waals surface area contributed by atoms with Gasteiger partial charge in [0.2, 0.25) is 5.95 Å². The van der Waals surface area contributed by atoms with Crippen molar-refractivity contribution >= 4 is 51.2 Å². The molecular formula is C12H8BrCl2N3O2. The number of nitrogens with zero attached hydrogens (tertiary/aromatic N) is 2. The Hall–Kier alpha value is -1.37. The van der Waals surface area contributed by atoms with Gasteiger partial charge in [0, 0.05) is 0 Å². The number of hydrogen-bond donors (Lipinski definition) is 1. The van der Waals surface area contributed by atoms with Gasteiger partial charge < -0.3 is 4.74 Å². The van der Waals surface area contributed by atoms with Crippen molar-refractivity contribution < 1.29 is 9.53 Å². The van der Waals surface area contributed by atoms with Gasteiger partial charge in [-0.05, 0) is 21.5 Å². The molecule has 1 amide bonds. The van der Waals surface area contributed by atoms with Gasteiger partial charge in [0.05, 0.1) is 4.47 Å². The SMILES string of the molecule is O=C(Nc1nc(Cl)c(Br)c(Cl)n1)OCc1ccccc1. The molecule has 1 aromatic carbocycles. The predicted octanol–water partition coefficient (Wildman–Crippen LogP) is 4.29. The van der Waals surface area contributed by atoms with Gasteiger partial charge in [-0.25, -0.2) is 4.79 Å². The minimum Gasteiger partial charge on any atom is -0.444 e. The first-order valence-electron chi connectivity index (χ1n) is 5.42. The minimum absolute atomic E-state index is 0.0266. The first-order chi connectivity index (χ1) is 9.56. The van der Waals surface area contributed by atoms with E-state index in [9.17, 15) is 4.79 Å².